The smallest absolute Gasteiger partial charge is 0.135 e. The first kappa shape index (κ1) is 41.6. The number of benzene rings is 1. The fraction of sp³-hybridized carbons (Fsp3) is 0.487. The maximum absolute atomic E-state index is 13.8. The van der Waals surface area contributed by atoms with E-state index in [9.17, 15) is 4.39 Å². The zero-order valence-corrected chi connectivity index (χ0v) is 29.5. The average Bonchev–Trinajstić information content (AvgIpc) is 3.81. The number of rotatable bonds is 14. The van der Waals surface area contributed by atoms with E-state index < -0.39 is 5.67 Å². The number of nitrogens with one attached hydrogen (secondary N) is 1. The Balaban J connectivity index is 0. The van der Waals surface area contributed by atoms with Crippen LogP contribution in [0.5, 0.6) is 0 Å². The first-order chi connectivity index (χ1) is 19.8. The predicted molar refractivity (Wildman–Crippen MR) is 194 cm³/mol. The van der Waals surface area contributed by atoms with Crippen LogP contribution < -0.4 is 5.32 Å². The Hall–Kier alpha value is -2.52. The monoisotopic (exact) mass is 595 g/mol. The van der Waals surface area contributed by atoms with E-state index >= 15 is 0 Å². The molecule has 2 rings (SSSR count). The molecule has 3 heteroatoms. The van der Waals surface area contributed by atoms with Gasteiger partial charge in [-0.25, -0.2) is 4.39 Å². The summed E-state index contributed by atoms with van der Waals surface area (Å²) in [6, 6.07) is 10.6. The van der Waals surface area contributed by atoms with Crippen LogP contribution in [0.3, 0.4) is 0 Å². The van der Waals surface area contributed by atoms with Crippen molar-refractivity contribution in [1.29, 1.82) is 0 Å². The van der Waals surface area contributed by atoms with Crippen LogP contribution in [-0.4, -0.2) is 12.2 Å². The Kier molecular flexibility index (Phi) is 22.8. The highest BCUT2D eigenvalue weighted by atomic mass is 32.2. The van der Waals surface area contributed by atoms with Crippen LogP contribution in [0.1, 0.15) is 107 Å². The predicted octanol–water partition coefficient (Wildman–Crippen LogP) is 12.8. The van der Waals surface area contributed by atoms with E-state index in [-0.39, 0.29) is 0 Å². The van der Waals surface area contributed by atoms with Crippen molar-refractivity contribution in [2.24, 2.45) is 5.92 Å². The van der Waals surface area contributed by atoms with Crippen molar-refractivity contribution < 1.29 is 4.39 Å². The molecule has 0 aliphatic heterocycles. The summed E-state index contributed by atoms with van der Waals surface area (Å²) in [6.07, 6.45) is 14.4. The normalized spacial score (nSPS) is 14.5. The third-order valence-electron chi connectivity index (χ3n) is 7.05. The van der Waals surface area contributed by atoms with E-state index in [1.165, 1.54) is 56.9 Å². The van der Waals surface area contributed by atoms with Gasteiger partial charge in [-0.05, 0) is 74.1 Å². The second-order valence-electron chi connectivity index (χ2n) is 11.0. The highest BCUT2D eigenvalue weighted by molar-refractivity contribution is 8.05. The SMILES string of the molecule is C=C(\C=C/C(=C\C)C(/C)=C/SC(=C)C(C)(C)F)C(=C)NCC(C)CC.C=CC1(c2ccccc2)CC1.CC.CCCC. The molecule has 1 N–H and O–H groups in total. The lowest BCUT2D eigenvalue weighted by molar-refractivity contribution is 0.282. The van der Waals surface area contributed by atoms with Crippen molar-refractivity contribution in [2.75, 3.05) is 6.54 Å². The van der Waals surface area contributed by atoms with Gasteiger partial charge < -0.3 is 5.32 Å². The largest absolute Gasteiger partial charge is 0.385 e. The van der Waals surface area contributed by atoms with Crippen LogP contribution in [0.15, 0.2) is 114 Å². The van der Waals surface area contributed by atoms with Gasteiger partial charge in [0.2, 0.25) is 0 Å². The summed E-state index contributed by atoms with van der Waals surface area (Å²) in [4.78, 5) is 0.498. The topological polar surface area (TPSA) is 12.0 Å². The second-order valence-corrected chi connectivity index (χ2v) is 12.0. The number of halogens is 1. The standard InChI is InChI=1S/C22H34FNS.C11H12.C4H10.C2H6/c1-10-16(3)14-24-19(6)17(4)12-13-21(11-2)18(5)15-25-20(7)22(8,9)23;1-2-11(8-9-11)10-6-4-3-5-7-10;1-3-4-2;1-2/h11-13,15-16,24H,4,6-7,10,14H2,1-3,5,8-9H3;2-7H,1,8-9H2;3-4H2,1-2H3;1-2H3/b13-12-,18-15+,21-11+;;;. The average molecular weight is 596 g/mol. The number of hydrogen-bond donors (Lipinski definition) is 1. The molecule has 1 nitrogen and oxygen atoms in total. The first-order valence-electron chi connectivity index (χ1n) is 15.7. The van der Waals surface area contributed by atoms with E-state index in [0.29, 0.717) is 16.2 Å². The lowest BCUT2D eigenvalue weighted by Crippen LogP contribution is -2.20. The van der Waals surface area contributed by atoms with Gasteiger partial charge in [0.25, 0.3) is 0 Å². The van der Waals surface area contributed by atoms with Crippen molar-refractivity contribution in [2.45, 2.75) is 112 Å². The van der Waals surface area contributed by atoms with E-state index in [2.05, 4.69) is 95.7 Å². The summed E-state index contributed by atoms with van der Waals surface area (Å²) >= 11 is 1.33. The number of allylic oxidation sites excluding steroid dienone is 7. The zero-order valence-electron chi connectivity index (χ0n) is 28.7. The summed E-state index contributed by atoms with van der Waals surface area (Å²) in [5.74, 6) is 0.606. The molecule has 0 saturated heterocycles. The molecule has 0 bridgehead atoms. The molecule has 1 atom stereocenters. The number of thioether (sulfide) groups is 1. The van der Waals surface area contributed by atoms with Crippen molar-refractivity contribution in [1.82, 2.24) is 5.32 Å². The molecule has 1 aromatic carbocycles. The van der Waals surface area contributed by atoms with Gasteiger partial charge in [0.05, 0.1) is 0 Å². The minimum absolute atomic E-state index is 0.348. The Morgan fingerprint density at radius 3 is 2.00 bits per heavy atom. The zero-order chi connectivity index (χ0) is 32.8. The molecule has 0 spiro atoms. The Morgan fingerprint density at radius 2 is 1.60 bits per heavy atom. The molecule has 1 fully saturated rings. The lowest BCUT2D eigenvalue weighted by Gasteiger charge is -2.15. The van der Waals surface area contributed by atoms with Crippen LogP contribution in [0, 0.1) is 5.92 Å². The van der Waals surface area contributed by atoms with Gasteiger partial charge in [0.15, 0.2) is 0 Å². The Morgan fingerprint density at radius 1 is 1.05 bits per heavy atom. The van der Waals surface area contributed by atoms with Gasteiger partial charge in [0.1, 0.15) is 5.67 Å². The molecule has 0 aromatic heterocycles. The molecule has 0 amide bonds. The Labute approximate surface area is 264 Å². The molecule has 0 heterocycles. The molecular weight excluding hydrogens is 534 g/mol. The third kappa shape index (κ3) is 17.4. The number of unbranched alkanes of at least 4 members (excludes halogenated alkanes) is 1. The molecule has 0 radical (unpaired) electrons. The van der Waals surface area contributed by atoms with Gasteiger partial charge in [0, 0.05) is 22.6 Å². The minimum atomic E-state index is -1.39. The van der Waals surface area contributed by atoms with Crippen molar-refractivity contribution in [3.63, 3.8) is 0 Å². The number of alkyl halides is 1. The highest BCUT2D eigenvalue weighted by Crippen LogP contribution is 2.48. The summed E-state index contributed by atoms with van der Waals surface area (Å²) in [6.45, 7) is 36.4. The molecule has 1 unspecified atom stereocenters. The van der Waals surface area contributed by atoms with Gasteiger partial charge in [-0.2, -0.15) is 0 Å². The quantitative estimate of drug-likeness (QED) is 0.170. The minimum Gasteiger partial charge on any atom is -0.385 e. The van der Waals surface area contributed by atoms with Crippen molar-refractivity contribution >= 4 is 11.8 Å². The van der Waals surface area contributed by atoms with Gasteiger partial charge >= 0.3 is 0 Å². The van der Waals surface area contributed by atoms with E-state index in [4.69, 9.17) is 0 Å². The first-order valence-corrected chi connectivity index (χ1v) is 16.6. The van der Waals surface area contributed by atoms with Crippen molar-refractivity contribution in [3.8, 4) is 0 Å². The van der Waals surface area contributed by atoms with Crippen LogP contribution in [-0.2, 0) is 5.41 Å². The molecule has 236 valence electrons. The van der Waals surface area contributed by atoms with Crippen LogP contribution in [0.4, 0.5) is 4.39 Å². The molecule has 1 saturated carbocycles. The fourth-order valence-corrected chi connectivity index (χ4v) is 3.92. The van der Waals surface area contributed by atoms with Gasteiger partial charge in [-0.15, -0.1) is 6.58 Å². The Bertz CT molecular complexity index is 1010. The summed E-state index contributed by atoms with van der Waals surface area (Å²) in [5.41, 5.74) is 4.21. The number of hydrogen-bond acceptors (Lipinski definition) is 2. The fourth-order valence-electron chi connectivity index (χ4n) is 3.18. The maximum atomic E-state index is 13.8. The van der Waals surface area contributed by atoms with E-state index in [0.717, 1.165) is 35.4 Å². The molecule has 1 aromatic rings. The summed E-state index contributed by atoms with van der Waals surface area (Å²) < 4.78 is 13.8. The summed E-state index contributed by atoms with van der Waals surface area (Å²) in [7, 11) is 0. The van der Waals surface area contributed by atoms with E-state index in [1.807, 2.05) is 51.3 Å². The van der Waals surface area contributed by atoms with Gasteiger partial charge in [-0.3, -0.25) is 0 Å². The third-order valence-corrected chi connectivity index (χ3v) is 8.29. The molecule has 1 aliphatic carbocycles. The second kappa shape index (κ2) is 23.0. The van der Waals surface area contributed by atoms with Crippen LogP contribution in [0.2, 0.25) is 0 Å². The highest BCUT2D eigenvalue weighted by Gasteiger charge is 2.40. The van der Waals surface area contributed by atoms with Gasteiger partial charge in [-0.1, -0.05) is 147 Å². The molecule has 42 heavy (non-hydrogen) atoms. The molecule has 1 aliphatic rings. The maximum Gasteiger partial charge on any atom is 0.135 e. The molecular formula is C39H62FNS. The van der Waals surface area contributed by atoms with Crippen LogP contribution in [0.25, 0.3) is 0 Å². The summed E-state index contributed by atoms with van der Waals surface area (Å²) in [5, 5.41) is 5.26. The lowest BCUT2D eigenvalue weighted by atomic mass is 9.97. The van der Waals surface area contributed by atoms with Crippen LogP contribution >= 0.6 is 11.8 Å². The van der Waals surface area contributed by atoms with E-state index in [1.54, 1.807) is 0 Å². The van der Waals surface area contributed by atoms with Crippen molar-refractivity contribution in [3.05, 3.63) is 119 Å².